The van der Waals surface area contributed by atoms with Crippen LogP contribution in [-0.4, -0.2) is 37.5 Å². The van der Waals surface area contributed by atoms with Crippen molar-refractivity contribution in [3.63, 3.8) is 0 Å². The van der Waals surface area contributed by atoms with Crippen molar-refractivity contribution in [1.29, 1.82) is 0 Å². The molecule has 1 N–H and O–H groups in total. The molecule has 132 valence electrons. The summed E-state index contributed by atoms with van der Waals surface area (Å²) in [6.45, 7) is 3.98. The van der Waals surface area contributed by atoms with Crippen LogP contribution < -0.4 is 5.32 Å². The second-order valence-corrected chi connectivity index (χ2v) is 6.07. The topological polar surface area (TPSA) is 58.6 Å². The number of carbonyl (C=O) groups excluding carboxylic acids is 2. The summed E-state index contributed by atoms with van der Waals surface area (Å²) < 4.78 is 4.91. The van der Waals surface area contributed by atoms with Crippen LogP contribution in [0.2, 0.25) is 0 Å². The Morgan fingerprint density at radius 1 is 1.04 bits per heavy atom. The Bertz CT molecular complexity index is 724. The van der Waals surface area contributed by atoms with E-state index in [4.69, 9.17) is 4.74 Å². The fourth-order valence-electron chi connectivity index (χ4n) is 2.83. The molecule has 25 heavy (non-hydrogen) atoms. The van der Waals surface area contributed by atoms with Crippen LogP contribution in [0.25, 0.3) is 0 Å². The lowest BCUT2D eigenvalue weighted by atomic mass is 10.1. The highest BCUT2D eigenvalue weighted by Gasteiger charge is 2.27. The second kappa shape index (κ2) is 8.44. The smallest absolute Gasteiger partial charge is 0.327 e. The van der Waals surface area contributed by atoms with E-state index in [9.17, 15) is 9.59 Å². The number of aryl methyl sites for hydroxylation is 2. The average Bonchev–Trinajstić information content (AvgIpc) is 2.59. The third kappa shape index (κ3) is 4.67. The van der Waals surface area contributed by atoms with E-state index in [1.807, 2.05) is 62.4 Å². The van der Waals surface area contributed by atoms with Crippen molar-refractivity contribution in [3.8, 4) is 0 Å². The van der Waals surface area contributed by atoms with Crippen molar-refractivity contribution in [2.75, 3.05) is 26.0 Å². The monoisotopic (exact) mass is 340 g/mol. The van der Waals surface area contributed by atoms with Crippen LogP contribution in [0.15, 0.2) is 48.5 Å². The lowest BCUT2D eigenvalue weighted by Crippen LogP contribution is -2.37. The molecule has 0 spiro atoms. The van der Waals surface area contributed by atoms with Gasteiger partial charge in [0.15, 0.2) is 0 Å². The molecule has 1 atom stereocenters. The molecule has 0 aromatic heterocycles. The van der Waals surface area contributed by atoms with Crippen molar-refractivity contribution in [2.45, 2.75) is 19.9 Å². The summed E-state index contributed by atoms with van der Waals surface area (Å²) in [4.78, 5) is 26.4. The molecule has 1 amide bonds. The van der Waals surface area contributed by atoms with Crippen LogP contribution >= 0.6 is 0 Å². The Labute approximate surface area is 148 Å². The first-order valence-corrected chi connectivity index (χ1v) is 8.13. The van der Waals surface area contributed by atoms with E-state index in [-0.39, 0.29) is 12.5 Å². The zero-order valence-corrected chi connectivity index (χ0v) is 15.1. The molecule has 0 aliphatic rings. The molecule has 0 radical (unpaired) electrons. The first-order valence-electron chi connectivity index (χ1n) is 8.13. The molecule has 0 saturated heterocycles. The van der Waals surface area contributed by atoms with Gasteiger partial charge in [-0.3, -0.25) is 9.69 Å². The number of rotatable bonds is 6. The highest BCUT2D eigenvalue weighted by molar-refractivity contribution is 5.94. The van der Waals surface area contributed by atoms with E-state index in [0.29, 0.717) is 0 Å². The summed E-state index contributed by atoms with van der Waals surface area (Å²) >= 11 is 0. The van der Waals surface area contributed by atoms with Crippen molar-refractivity contribution in [2.24, 2.45) is 0 Å². The molecule has 0 aliphatic heterocycles. The van der Waals surface area contributed by atoms with Crippen LogP contribution in [0.1, 0.15) is 22.7 Å². The van der Waals surface area contributed by atoms with Gasteiger partial charge in [-0.15, -0.1) is 0 Å². The van der Waals surface area contributed by atoms with Gasteiger partial charge in [0.1, 0.15) is 6.04 Å². The van der Waals surface area contributed by atoms with Crippen LogP contribution in [0.3, 0.4) is 0 Å². The number of ether oxygens (including phenoxy) is 1. The van der Waals surface area contributed by atoms with E-state index in [2.05, 4.69) is 5.32 Å². The molecule has 0 heterocycles. The van der Waals surface area contributed by atoms with Gasteiger partial charge in [0.2, 0.25) is 5.91 Å². The molecule has 5 nitrogen and oxygen atoms in total. The predicted octanol–water partition coefficient (Wildman–Crippen LogP) is 3.09. The lowest BCUT2D eigenvalue weighted by Gasteiger charge is -2.26. The maximum atomic E-state index is 12.5. The molecule has 5 heteroatoms. The highest BCUT2D eigenvalue weighted by Crippen LogP contribution is 2.22. The van der Waals surface area contributed by atoms with E-state index in [0.717, 1.165) is 22.4 Å². The van der Waals surface area contributed by atoms with E-state index in [1.54, 1.807) is 11.9 Å². The summed E-state index contributed by atoms with van der Waals surface area (Å²) in [6, 6.07) is 14.5. The maximum Gasteiger partial charge on any atom is 0.327 e. The number of hydrogen-bond donors (Lipinski definition) is 1. The quantitative estimate of drug-likeness (QED) is 0.821. The summed E-state index contributed by atoms with van der Waals surface area (Å²) in [6.07, 6.45) is 0. The van der Waals surface area contributed by atoms with Crippen molar-refractivity contribution < 1.29 is 14.3 Å². The molecular weight excluding hydrogens is 316 g/mol. The van der Waals surface area contributed by atoms with E-state index >= 15 is 0 Å². The number of nitrogens with zero attached hydrogens (tertiary/aromatic N) is 1. The van der Waals surface area contributed by atoms with E-state index in [1.165, 1.54) is 7.11 Å². The van der Waals surface area contributed by atoms with Crippen molar-refractivity contribution >= 4 is 17.6 Å². The second-order valence-electron chi connectivity index (χ2n) is 6.07. The van der Waals surface area contributed by atoms with Gasteiger partial charge in [0.05, 0.1) is 13.7 Å². The number of amides is 1. The Morgan fingerprint density at radius 2 is 1.64 bits per heavy atom. The van der Waals surface area contributed by atoms with Gasteiger partial charge in [0, 0.05) is 5.69 Å². The van der Waals surface area contributed by atoms with Crippen LogP contribution in [0.5, 0.6) is 0 Å². The molecule has 0 bridgehead atoms. The average molecular weight is 340 g/mol. The first kappa shape index (κ1) is 18.7. The van der Waals surface area contributed by atoms with Crippen LogP contribution in [-0.2, 0) is 14.3 Å². The Morgan fingerprint density at radius 3 is 2.20 bits per heavy atom. The largest absolute Gasteiger partial charge is 0.468 e. The Hall–Kier alpha value is -2.66. The van der Waals surface area contributed by atoms with Gasteiger partial charge in [-0.2, -0.15) is 0 Å². The fraction of sp³-hybridized carbons (Fsp3) is 0.300. The Kier molecular flexibility index (Phi) is 6.31. The van der Waals surface area contributed by atoms with Gasteiger partial charge in [-0.25, -0.2) is 4.79 Å². The first-order chi connectivity index (χ1) is 11.9. The third-order valence-corrected chi connectivity index (χ3v) is 4.12. The van der Waals surface area contributed by atoms with E-state index < -0.39 is 12.0 Å². The third-order valence-electron chi connectivity index (χ3n) is 4.12. The summed E-state index contributed by atoms with van der Waals surface area (Å²) in [7, 11) is 3.09. The summed E-state index contributed by atoms with van der Waals surface area (Å²) in [5.41, 5.74) is 3.61. The number of carbonyl (C=O) groups is 2. The number of esters is 1. The SMILES string of the molecule is COC(=O)[C@@H](c1ccccc1)N(C)CC(=O)Nc1c(C)cccc1C. The van der Waals surface area contributed by atoms with Crippen molar-refractivity contribution in [3.05, 3.63) is 65.2 Å². The highest BCUT2D eigenvalue weighted by atomic mass is 16.5. The maximum absolute atomic E-state index is 12.5. The van der Waals surface area contributed by atoms with Gasteiger partial charge < -0.3 is 10.1 Å². The zero-order valence-electron chi connectivity index (χ0n) is 15.1. The van der Waals surface area contributed by atoms with Crippen LogP contribution in [0, 0.1) is 13.8 Å². The van der Waals surface area contributed by atoms with Gasteiger partial charge >= 0.3 is 5.97 Å². The minimum absolute atomic E-state index is 0.0719. The Balaban J connectivity index is 2.14. The normalized spacial score (nSPS) is 11.9. The van der Waals surface area contributed by atoms with Gasteiger partial charge in [-0.05, 0) is 37.6 Å². The molecule has 0 fully saturated rings. The number of hydrogen-bond acceptors (Lipinski definition) is 4. The molecule has 2 aromatic carbocycles. The molecule has 0 aliphatic carbocycles. The van der Waals surface area contributed by atoms with Gasteiger partial charge in [0.25, 0.3) is 0 Å². The van der Waals surface area contributed by atoms with Crippen LogP contribution in [0.4, 0.5) is 5.69 Å². The number of para-hydroxylation sites is 1. The lowest BCUT2D eigenvalue weighted by molar-refractivity contribution is -0.147. The summed E-state index contributed by atoms with van der Waals surface area (Å²) in [5, 5.41) is 2.94. The zero-order chi connectivity index (χ0) is 18.4. The predicted molar refractivity (Wildman–Crippen MR) is 98.4 cm³/mol. The molecule has 2 aromatic rings. The van der Waals surface area contributed by atoms with Crippen molar-refractivity contribution in [1.82, 2.24) is 4.90 Å². The number of anilines is 1. The number of nitrogens with one attached hydrogen (secondary N) is 1. The minimum atomic E-state index is -0.630. The van der Waals surface area contributed by atoms with Gasteiger partial charge in [-0.1, -0.05) is 48.5 Å². The standard InChI is InChI=1S/C20H24N2O3/c1-14-9-8-10-15(2)18(14)21-17(23)13-22(3)19(20(24)25-4)16-11-6-5-7-12-16/h5-12,19H,13H2,1-4H3,(H,21,23)/t19-/m1/s1. The molecule has 0 unspecified atom stereocenters. The number of methoxy groups -OCH3 is 1. The summed E-state index contributed by atoms with van der Waals surface area (Å²) in [5.74, 6) is -0.571. The molecular formula is C20H24N2O3. The number of likely N-dealkylation sites (N-methyl/N-ethyl adjacent to an activating group) is 1. The molecule has 0 saturated carbocycles. The fourth-order valence-corrected chi connectivity index (χ4v) is 2.83. The molecule has 2 rings (SSSR count). The number of benzene rings is 2. The minimum Gasteiger partial charge on any atom is -0.468 e.